The molecule has 1 N–H and O–H groups in total. The number of para-hydroxylation sites is 1. The number of hydrogen-bond acceptors (Lipinski definition) is 4. The van der Waals surface area contributed by atoms with Gasteiger partial charge >= 0.3 is 5.97 Å². The summed E-state index contributed by atoms with van der Waals surface area (Å²) in [6.07, 6.45) is 6.66. The molecule has 2 aliphatic carbocycles. The molecule has 0 spiro atoms. The van der Waals surface area contributed by atoms with Gasteiger partial charge < -0.3 is 14.8 Å². The molecule has 1 heterocycles. The topological polar surface area (TPSA) is 47.6 Å². The number of rotatable bonds is 6. The van der Waals surface area contributed by atoms with Crippen LogP contribution in [0.2, 0.25) is 0 Å². The summed E-state index contributed by atoms with van der Waals surface area (Å²) in [6.45, 7) is 8.28. The highest BCUT2D eigenvalue weighted by Gasteiger charge is 2.54. The van der Waals surface area contributed by atoms with E-state index in [4.69, 9.17) is 9.47 Å². The van der Waals surface area contributed by atoms with E-state index in [1.165, 1.54) is 24.0 Å². The van der Waals surface area contributed by atoms with Crippen molar-refractivity contribution in [3.05, 3.63) is 42.0 Å². The normalized spacial score (nSPS) is 34.5. The number of ether oxygens (including phenoxy) is 2. The zero-order valence-corrected chi connectivity index (χ0v) is 17.2. The van der Waals surface area contributed by atoms with E-state index in [2.05, 4.69) is 24.9 Å². The van der Waals surface area contributed by atoms with Gasteiger partial charge in [-0.05, 0) is 68.0 Å². The number of allylic oxidation sites excluding steroid dienone is 1. The number of methoxy groups -OCH3 is 1. The molecule has 1 aliphatic heterocycles. The Kier molecular flexibility index (Phi) is 5.50. The Balaban J connectivity index is 1.35. The van der Waals surface area contributed by atoms with E-state index in [0.717, 1.165) is 38.0 Å². The molecule has 3 fully saturated rings. The SMILES string of the molecule is C=C1CCC[C@]2(C)C[C@H]3OC(=O)[C@@H](CNCCc4ccccc4OC)[C@H]3C[C@@H]12. The molecule has 3 aliphatic rings. The molecule has 0 radical (unpaired) electrons. The average molecular weight is 384 g/mol. The van der Waals surface area contributed by atoms with Crippen molar-refractivity contribution in [3.8, 4) is 5.75 Å². The molecule has 28 heavy (non-hydrogen) atoms. The highest BCUT2D eigenvalue weighted by molar-refractivity contribution is 5.75. The van der Waals surface area contributed by atoms with Crippen molar-refractivity contribution in [1.29, 1.82) is 0 Å². The Labute approximate surface area is 168 Å². The predicted molar refractivity (Wildman–Crippen MR) is 110 cm³/mol. The van der Waals surface area contributed by atoms with Crippen molar-refractivity contribution in [2.75, 3.05) is 20.2 Å². The van der Waals surface area contributed by atoms with Gasteiger partial charge in [-0.3, -0.25) is 4.79 Å². The zero-order chi connectivity index (χ0) is 19.7. The first kappa shape index (κ1) is 19.5. The molecule has 4 rings (SSSR count). The maximum absolute atomic E-state index is 12.6. The molecule has 1 aromatic rings. The van der Waals surface area contributed by atoms with Crippen LogP contribution in [-0.2, 0) is 16.0 Å². The maximum atomic E-state index is 12.6. The monoisotopic (exact) mass is 383 g/mol. The number of nitrogens with one attached hydrogen (secondary N) is 1. The fourth-order valence-corrected chi connectivity index (χ4v) is 5.88. The standard InChI is InChI=1S/C24H33NO3/c1-16-7-6-11-24(2)14-22-18(13-20(16)24)19(23(26)28-22)15-25-12-10-17-8-4-5-9-21(17)27-3/h4-5,8-9,18-20,22,25H,1,6-7,10-15H2,2-3H3/t18-,19+,20+,22-,24-/m1/s1. The van der Waals surface area contributed by atoms with Crippen LogP contribution in [0.15, 0.2) is 36.4 Å². The number of benzene rings is 1. The van der Waals surface area contributed by atoms with Crippen molar-refractivity contribution in [2.24, 2.45) is 23.2 Å². The van der Waals surface area contributed by atoms with Crippen molar-refractivity contribution in [3.63, 3.8) is 0 Å². The van der Waals surface area contributed by atoms with Gasteiger partial charge in [-0.25, -0.2) is 0 Å². The first-order chi connectivity index (χ1) is 13.5. The van der Waals surface area contributed by atoms with E-state index in [0.29, 0.717) is 18.4 Å². The van der Waals surface area contributed by atoms with Crippen LogP contribution in [0.1, 0.15) is 44.6 Å². The van der Waals surface area contributed by atoms with Crippen molar-refractivity contribution in [1.82, 2.24) is 5.32 Å². The van der Waals surface area contributed by atoms with Gasteiger partial charge in [-0.2, -0.15) is 0 Å². The highest BCUT2D eigenvalue weighted by Crippen LogP contribution is 2.56. The fraction of sp³-hybridized carbons (Fsp3) is 0.625. The molecular formula is C24H33NO3. The van der Waals surface area contributed by atoms with Gasteiger partial charge in [0.2, 0.25) is 0 Å². The summed E-state index contributed by atoms with van der Waals surface area (Å²) in [7, 11) is 1.71. The molecule has 0 amide bonds. The average Bonchev–Trinajstić information content (AvgIpc) is 2.97. The molecule has 0 aromatic heterocycles. The second-order valence-corrected chi connectivity index (χ2v) is 9.17. The lowest BCUT2D eigenvalue weighted by Crippen LogP contribution is -2.45. The third-order valence-corrected chi connectivity index (χ3v) is 7.45. The van der Waals surface area contributed by atoms with Crippen LogP contribution >= 0.6 is 0 Å². The fourth-order valence-electron chi connectivity index (χ4n) is 5.88. The van der Waals surface area contributed by atoms with Gasteiger partial charge in [0, 0.05) is 12.5 Å². The van der Waals surface area contributed by atoms with Gasteiger partial charge in [0.1, 0.15) is 11.9 Å². The number of esters is 1. The second kappa shape index (κ2) is 7.90. The van der Waals surface area contributed by atoms with Gasteiger partial charge in [-0.15, -0.1) is 0 Å². The van der Waals surface area contributed by atoms with E-state index >= 15 is 0 Å². The van der Waals surface area contributed by atoms with Crippen LogP contribution in [-0.4, -0.2) is 32.3 Å². The molecule has 5 atom stereocenters. The molecule has 4 heteroatoms. The predicted octanol–water partition coefficient (Wildman–Crippen LogP) is 4.14. The first-order valence-corrected chi connectivity index (χ1v) is 10.7. The maximum Gasteiger partial charge on any atom is 0.310 e. The summed E-state index contributed by atoms with van der Waals surface area (Å²) in [5, 5.41) is 3.50. The minimum atomic E-state index is -0.0260. The Hall–Kier alpha value is -1.81. The van der Waals surface area contributed by atoms with Gasteiger partial charge in [0.25, 0.3) is 0 Å². The Bertz CT molecular complexity index is 745. The minimum absolute atomic E-state index is 0.00680. The molecule has 0 unspecified atom stereocenters. The number of carbonyl (C=O) groups excluding carboxylic acids is 1. The Morgan fingerprint density at radius 3 is 3.00 bits per heavy atom. The van der Waals surface area contributed by atoms with E-state index in [-0.39, 0.29) is 23.4 Å². The largest absolute Gasteiger partial charge is 0.496 e. The van der Waals surface area contributed by atoms with Gasteiger partial charge in [-0.1, -0.05) is 37.3 Å². The summed E-state index contributed by atoms with van der Waals surface area (Å²) >= 11 is 0. The minimum Gasteiger partial charge on any atom is -0.496 e. The van der Waals surface area contributed by atoms with E-state index < -0.39 is 0 Å². The molecule has 2 saturated carbocycles. The van der Waals surface area contributed by atoms with Crippen molar-refractivity contribution >= 4 is 5.97 Å². The van der Waals surface area contributed by atoms with Gasteiger partial charge in [0.05, 0.1) is 13.0 Å². The summed E-state index contributed by atoms with van der Waals surface area (Å²) < 4.78 is 11.3. The quantitative estimate of drug-likeness (QED) is 0.456. The molecule has 1 aromatic carbocycles. The van der Waals surface area contributed by atoms with Crippen LogP contribution in [0, 0.1) is 23.2 Å². The van der Waals surface area contributed by atoms with E-state index in [9.17, 15) is 4.79 Å². The molecule has 1 saturated heterocycles. The van der Waals surface area contributed by atoms with Crippen LogP contribution in [0.3, 0.4) is 0 Å². The number of fused-ring (bicyclic) bond motifs is 2. The lowest BCUT2D eigenvalue weighted by Gasteiger charge is -2.50. The lowest BCUT2D eigenvalue weighted by molar-refractivity contribution is -0.146. The summed E-state index contributed by atoms with van der Waals surface area (Å²) in [6, 6.07) is 8.11. The lowest BCUT2D eigenvalue weighted by atomic mass is 9.55. The van der Waals surface area contributed by atoms with Crippen molar-refractivity contribution < 1.29 is 14.3 Å². The summed E-state index contributed by atoms with van der Waals surface area (Å²) in [5.74, 6) is 1.77. The smallest absolute Gasteiger partial charge is 0.310 e. The summed E-state index contributed by atoms with van der Waals surface area (Å²) in [4.78, 5) is 12.6. The van der Waals surface area contributed by atoms with Crippen LogP contribution in [0.5, 0.6) is 5.75 Å². The van der Waals surface area contributed by atoms with E-state index in [1.54, 1.807) is 7.11 Å². The van der Waals surface area contributed by atoms with Crippen LogP contribution in [0.4, 0.5) is 0 Å². The molecule has 4 nitrogen and oxygen atoms in total. The third-order valence-electron chi connectivity index (χ3n) is 7.45. The number of hydrogen-bond donors (Lipinski definition) is 1. The zero-order valence-electron chi connectivity index (χ0n) is 17.2. The Morgan fingerprint density at radius 1 is 1.36 bits per heavy atom. The molecule has 152 valence electrons. The third kappa shape index (κ3) is 3.59. The second-order valence-electron chi connectivity index (χ2n) is 9.17. The highest BCUT2D eigenvalue weighted by atomic mass is 16.6. The Morgan fingerprint density at radius 2 is 2.18 bits per heavy atom. The first-order valence-electron chi connectivity index (χ1n) is 10.7. The molecular weight excluding hydrogens is 350 g/mol. The van der Waals surface area contributed by atoms with Gasteiger partial charge in [0.15, 0.2) is 0 Å². The number of carbonyl (C=O) groups is 1. The van der Waals surface area contributed by atoms with Crippen LogP contribution in [0.25, 0.3) is 0 Å². The molecule has 0 bridgehead atoms. The van der Waals surface area contributed by atoms with Crippen LogP contribution < -0.4 is 10.1 Å². The van der Waals surface area contributed by atoms with Crippen molar-refractivity contribution in [2.45, 2.75) is 51.6 Å². The summed E-state index contributed by atoms with van der Waals surface area (Å²) in [5.41, 5.74) is 2.86. The van der Waals surface area contributed by atoms with E-state index in [1.807, 2.05) is 18.2 Å².